The third-order valence-electron chi connectivity index (χ3n) is 1.03. The molecule has 11 heavy (non-hydrogen) atoms. The van der Waals surface area contributed by atoms with Gasteiger partial charge in [-0.3, -0.25) is 0 Å². The topological polar surface area (TPSA) is 56.8 Å². The summed E-state index contributed by atoms with van der Waals surface area (Å²) < 4.78 is 9.64. The van der Waals surface area contributed by atoms with Gasteiger partial charge in [0, 0.05) is 5.92 Å². The minimum absolute atomic E-state index is 0.0179. The molecule has 0 amide bonds. The summed E-state index contributed by atoms with van der Waals surface area (Å²) in [7, 11) is 0. The van der Waals surface area contributed by atoms with Gasteiger partial charge in [-0.25, -0.2) is 0 Å². The summed E-state index contributed by atoms with van der Waals surface area (Å²) in [4.78, 5) is 0. The smallest absolute Gasteiger partial charge is 0.415 e. The maximum Gasteiger partial charge on any atom is 0.420 e. The van der Waals surface area contributed by atoms with Crippen molar-refractivity contribution in [1.82, 2.24) is 0 Å². The SMILES string of the molecule is C=C(O/C(=N\N)OI)C(C)C. The van der Waals surface area contributed by atoms with Gasteiger partial charge in [-0.05, 0) is 0 Å². The zero-order chi connectivity index (χ0) is 8.85. The highest BCUT2D eigenvalue weighted by Gasteiger charge is 2.06. The van der Waals surface area contributed by atoms with Crippen LogP contribution in [0.4, 0.5) is 0 Å². The van der Waals surface area contributed by atoms with Crippen molar-refractivity contribution in [2.24, 2.45) is 16.9 Å². The van der Waals surface area contributed by atoms with Crippen molar-refractivity contribution >= 4 is 29.1 Å². The molecule has 0 spiro atoms. The summed E-state index contributed by atoms with van der Waals surface area (Å²) in [6.07, 6.45) is 0.0179. The summed E-state index contributed by atoms with van der Waals surface area (Å²) in [5.74, 6) is 5.72. The van der Waals surface area contributed by atoms with E-state index >= 15 is 0 Å². The van der Waals surface area contributed by atoms with Crippen LogP contribution in [0, 0.1) is 5.92 Å². The maximum atomic E-state index is 5.01. The van der Waals surface area contributed by atoms with Crippen LogP contribution in [0.5, 0.6) is 0 Å². The molecule has 0 unspecified atom stereocenters. The van der Waals surface area contributed by atoms with Gasteiger partial charge < -0.3 is 13.6 Å². The van der Waals surface area contributed by atoms with Gasteiger partial charge in [-0.2, -0.15) is 0 Å². The van der Waals surface area contributed by atoms with Gasteiger partial charge in [0.2, 0.25) is 0 Å². The standard InChI is InChI=1S/C6H11IN2O2/c1-4(2)5(3)10-6(9-8)11-7/h4H,3,8H2,1-2H3/b9-6+. The van der Waals surface area contributed by atoms with Gasteiger partial charge in [0.1, 0.15) is 5.76 Å². The van der Waals surface area contributed by atoms with E-state index in [0.29, 0.717) is 5.76 Å². The van der Waals surface area contributed by atoms with Crippen molar-refractivity contribution in [2.75, 3.05) is 0 Å². The molecule has 0 bridgehead atoms. The molecule has 0 aromatic heterocycles. The Balaban J connectivity index is 3.93. The molecule has 64 valence electrons. The molecular formula is C6H11IN2O2. The fourth-order valence-electron chi connectivity index (χ4n) is 0.292. The molecule has 4 nitrogen and oxygen atoms in total. The Kier molecular flexibility index (Phi) is 5.01. The average Bonchev–Trinajstić information content (AvgIpc) is 1.99. The lowest BCUT2D eigenvalue weighted by Gasteiger charge is -2.09. The zero-order valence-electron chi connectivity index (χ0n) is 6.50. The van der Waals surface area contributed by atoms with E-state index < -0.39 is 0 Å². The van der Waals surface area contributed by atoms with Gasteiger partial charge >= 0.3 is 6.08 Å². The molecule has 0 fully saturated rings. The van der Waals surface area contributed by atoms with Crippen LogP contribution in [0.25, 0.3) is 0 Å². The number of hydrogen-bond donors (Lipinski definition) is 1. The normalized spacial score (nSPS) is 11.5. The molecule has 0 radical (unpaired) electrons. The monoisotopic (exact) mass is 270 g/mol. The first-order chi connectivity index (χ1) is 5.11. The Bertz CT molecular complexity index is 168. The van der Waals surface area contributed by atoms with Crippen LogP contribution in [0.2, 0.25) is 0 Å². The molecule has 0 aliphatic heterocycles. The predicted octanol–water partition coefficient (Wildman–Crippen LogP) is 1.77. The van der Waals surface area contributed by atoms with Crippen molar-refractivity contribution in [3.8, 4) is 0 Å². The first-order valence-corrected chi connectivity index (χ1v) is 3.93. The lowest BCUT2D eigenvalue weighted by atomic mass is 10.2. The number of allylic oxidation sites excluding steroid dienone is 1. The Labute approximate surface area is 80.1 Å². The third-order valence-corrected chi connectivity index (χ3v) is 1.41. The van der Waals surface area contributed by atoms with Crippen LogP contribution in [-0.2, 0) is 7.80 Å². The third kappa shape index (κ3) is 4.07. The number of nitrogens with two attached hydrogens (primary N) is 1. The predicted molar refractivity (Wildman–Crippen MR) is 51.8 cm³/mol. The van der Waals surface area contributed by atoms with E-state index in [-0.39, 0.29) is 12.0 Å². The summed E-state index contributed by atoms with van der Waals surface area (Å²) in [5.41, 5.74) is 0. The first kappa shape index (κ1) is 10.5. The molecule has 0 aromatic carbocycles. The lowest BCUT2D eigenvalue weighted by molar-refractivity contribution is 0.304. The highest BCUT2D eigenvalue weighted by molar-refractivity contribution is 14.1. The van der Waals surface area contributed by atoms with Gasteiger partial charge in [-0.1, -0.05) is 20.4 Å². The quantitative estimate of drug-likeness (QED) is 0.208. The van der Waals surface area contributed by atoms with E-state index in [2.05, 4.69) is 14.7 Å². The Morgan fingerprint density at radius 1 is 1.64 bits per heavy atom. The number of rotatable bonds is 2. The minimum Gasteiger partial charge on any atom is -0.415 e. The first-order valence-electron chi connectivity index (χ1n) is 3.05. The number of hydrogen-bond acceptors (Lipinski definition) is 4. The van der Waals surface area contributed by atoms with Crippen LogP contribution in [0.1, 0.15) is 13.8 Å². The second-order valence-electron chi connectivity index (χ2n) is 2.20. The summed E-state index contributed by atoms with van der Waals surface area (Å²) in [5, 5.41) is 3.23. The lowest BCUT2D eigenvalue weighted by Crippen LogP contribution is -2.09. The van der Waals surface area contributed by atoms with Crippen molar-refractivity contribution in [2.45, 2.75) is 13.8 Å². The van der Waals surface area contributed by atoms with Crippen LogP contribution >= 0.6 is 23.0 Å². The Morgan fingerprint density at radius 3 is 2.45 bits per heavy atom. The Hall–Kier alpha value is -0.460. The van der Waals surface area contributed by atoms with Crippen LogP contribution in [-0.4, -0.2) is 6.08 Å². The fraction of sp³-hybridized carbons (Fsp3) is 0.500. The van der Waals surface area contributed by atoms with E-state index in [1.165, 1.54) is 0 Å². The fourth-order valence-corrected chi connectivity index (χ4v) is 0.496. The molecule has 0 rings (SSSR count). The maximum absolute atomic E-state index is 5.01. The van der Waals surface area contributed by atoms with E-state index in [1.54, 1.807) is 23.0 Å². The van der Waals surface area contributed by atoms with E-state index in [9.17, 15) is 0 Å². The van der Waals surface area contributed by atoms with E-state index in [4.69, 9.17) is 10.6 Å². The number of ether oxygens (including phenoxy) is 1. The van der Waals surface area contributed by atoms with E-state index in [1.807, 2.05) is 13.8 Å². The largest absolute Gasteiger partial charge is 0.420 e. The molecule has 0 aromatic rings. The summed E-state index contributed by atoms with van der Waals surface area (Å²) in [6.45, 7) is 7.54. The number of nitrogens with zero attached hydrogens (tertiary/aromatic N) is 1. The van der Waals surface area contributed by atoms with Crippen LogP contribution < -0.4 is 5.84 Å². The second kappa shape index (κ2) is 5.22. The molecule has 0 saturated carbocycles. The molecule has 0 atom stereocenters. The molecule has 0 heterocycles. The highest BCUT2D eigenvalue weighted by atomic mass is 127. The van der Waals surface area contributed by atoms with Gasteiger partial charge in [-0.15, -0.1) is 5.10 Å². The van der Waals surface area contributed by atoms with Gasteiger partial charge in [0.05, 0.1) is 0 Å². The summed E-state index contributed by atoms with van der Waals surface area (Å²) in [6, 6.07) is 0. The van der Waals surface area contributed by atoms with E-state index in [0.717, 1.165) is 0 Å². The van der Waals surface area contributed by atoms with Gasteiger partial charge in [0.15, 0.2) is 23.0 Å². The van der Waals surface area contributed by atoms with Crippen LogP contribution in [0.15, 0.2) is 17.4 Å². The van der Waals surface area contributed by atoms with Crippen molar-refractivity contribution in [3.63, 3.8) is 0 Å². The molecule has 0 aliphatic carbocycles. The molecule has 2 N–H and O–H groups in total. The highest BCUT2D eigenvalue weighted by Crippen LogP contribution is 2.09. The van der Waals surface area contributed by atoms with Gasteiger partial charge in [0.25, 0.3) is 0 Å². The average molecular weight is 270 g/mol. The van der Waals surface area contributed by atoms with Crippen molar-refractivity contribution < 1.29 is 7.80 Å². The molecule has 0 saturated heterocycles. The zero-order valence-corrected chi connectivity index (χ0v) is 8.66. The molecular weight excluding hydrogens is 259 g/mol. The molecule has 0 aliphatic rings. The minimum atomic E-state index is 0.0179. The van der Waals surface area contributed by atoms with Crippen molar-refractivity contribution in [1.29, 1.82) is 0 Å². The number of halogens is 1. The summed E-state index contributed by atoms with van der Waals surface area (Å²) >= 11 is 1.63. The molecule has 5 heteroatoms. The second-order valence-corrected chi connectivity index (χ2v) is 2.64. The van der Waals surface area contributed by atoms with Crippen molar-refractivity contribution in [3.05, 3.63) is 12.3 Å². The number of hydrazone groups is 1. The Morgan fingerprint density at radius 2 is 2.18 bits per heavy atom. The van der Waals surface area contributed by atoms with Crippen LogP contribution in [0.3, 0.4) is 0 Å².